The van der Waals surface area contributed by atoms with E-state index in [1.807, 2.05) is 25.1 Å². The summed E-state index contributed by atoms with van der Waals surface area (Å²) >= 11 is 0. The average Bonchev–Trinajstić information content (AvgIpc) is 3.67. The van der Waals surface area contributed by atoms with Crippen molar-refractivity contribution < 1.29 is 14.0 Å². The van der Waals surface area contributed by atoms with Crippen molar-refractivity contribution in [2.24, 2.45) is 4.99 Å². The first-order chi connectivity index (χ1) is 18.0. The summed E-state index contributed by atoms with van der Waals surface area (Å²) in [5.74, 6) is 0.342. The fraction of sp³-hybridized carbons (Fsp3) is 0.357. The maximum Gasteiger partial charge on any atom is 0.261 e. The Morgan fingerprint density at radius 1 is 1.08 bits per heavy atom. The highest BCUT2D eigenvalue weighted by Gasteiger charge is 2.37. The minimum atomic E-state index is -0.266. The third kappa shape index (κ3) is 4.40. The molecule has 37 heavy (non-hydrogen) atoms. The van der Waals surface area contributed by atoms with Gasteiger partial charge in [-0.3, -0.25) is 24.3 Å². The number of imide groups is 1. The second-order valence-electron chi connectivity index (χ2n) is 10.00. The van der Waals surface area contributed by atoms with Crippen molar-refractivity contribution in [1.82, 2.24) is 14.8 Å². The van der Waals surface area contributed by atoms with Crippen LogP contribution < -0.4 is 10.9 Å². The lowest BCUT2D eigenvalue weighted by Gasteiger charge is -2.19. The lowest BCUT2D eigenvalue weighted by Crippen LogP contribution is -2.37. The van der Waals surface area contributed by atoms with Crippen molar-refractivity contribution in [1.29, 1.82) is 0 Å². The van der Waals surface area contributed by atoms with Crippen LogP contribution in [0.4, 0.5) is 11.4 Å². The molecule has 1 atom stereocenters. The molecule has 6 rings (SSSR count). The molecule has 1 aromatic carbocycles. The van der Waals surface area contributed by atoms with Crippen molar-refractivity contribution in [3.05, 3.63) is 81.2 Å². The van der Waals surface area contributed by atoms with E-state index < -0.39 is 0 Å². The maximum atomic E-state index is 13.1. The van der Waals surface area contributed by atoms with E-state index in [1.165, 1.54) is 17.7 Å². The highest BCUT2D eigenvalue weighted by molar-refractivity contribution is 6.22. The topological polar surface area (TPSA) is 111 Å². The van der Waals surface area contributed by atoms with Crippen molar-refractivity contribution in [3.63, 3.8) is 0 Å². The first-order valence-corrected chi connectivity index (χ1v) is 12.8. The number of aromatic nitrogens is 1. The molecule has 190 valence electrons. The second kappa shape index (κ2) is 9.48. The van der Waals surface area contributed by atoms with Crippen molar-refractivity contribution in [2.75, 3.05) is 31.5 Å². The number of anilines is 1. The van der Waals surface area contributed by atoms with Crippen LogP contribution in [0.1, 0.15) is 57.4 Å². The average molecular weight is 500 g/mol. The van der Waals surface area contributed by atoms with Crippen LogP contribution in [0.2, 0.25) is 0 Å². The standard InChI is InChI=1S/C28H29N5O4/c1-17(13-19-5-4-12-37-19)30-22-6-7-29-26(34)25(22)24-15-18-14-20-21(16-23(18)31-24)28(36)33(27(20)35)11-10-32-8-2-3-9-32/h4-7,12,14,16-17H,2-3,8-11,13,15H2,1H3,(H2,29,30,34)/t17-/m0/s1. The van der Waals surface area contributed by atoms with Gasteiger partial charge in [0.2, 0.25) is 0 Å². The number of aliphatic imine (C=N–C) groups is 1. The lowest BCUT2D eigenvalue weighted by molar-refractivity contribution is 0.0640. The molecule has 0 saturated carbocycles. The first-order valence-electron chi connectivity index (χ1n) is 12.8. The molecule has 2 N–H and O–H groups in total. The Morgan fingerprint density at radius 2 is 1.86 bits per heavy atom. The molecule has 3 aliphatic rings. The van der Waals surface area contributed by atoms with Gasteiger partial charge in [0.1, 0.15) is 5.76 Å². The Kier molecular flexibility index (Phi) is 6.00. The molecular formula is C28H29N5O4. The van der Waals surface area contributed by atoms with Crippen molar-refractivity contribution >= 4 is 28.9 Å². The molecular weight excluding hydrogens is 470 g/mol. The number of amides is 2. The van der Waals surface area contributed by atoms with Gasteiger partial charge in [-0.25, -0.2) is 0 Å². The lowest BCUT2D eigenvalue weighted by atomic mass is 10.00. The summed E-state index contributed by atoms with van der Waals surface area (Å²) in [7, 11) is 0. The van der Waals surface area contributed by atoms with E-state index in [2.05, 4.69) is 15.2 Å². The Labute approximate surface area is 214 Å². The molecule has 1 fully saturated rings. The molecule has 3 aliphatic heterocycles. The number of pyridine rings is 1. The van der Waals surface area contributed by atoms with Gasteiger partial charge in [0.25, 0.3) is 17.4 Å². The van der Waals surface area contributed by atoms with Gasteiger partial charge in [-0.1, -0.05) is 0 Å². The van der Waals surface area contributed by atoms with E-state index >= 15 is 0 Å². The van der Waals surface area contributed by atoms with E-state index in [0.717, 1.165) is 24.4 Å². The number of carbonyl (C=O) groups excluding carboxylic acids is 2. The number of rotatable bonds is 8. The Morgan fingerprint density at radius 3 is 2.62 bits per heavy atom. The van der Waals surface area contributed by atoms with Crippen LogP contribution in [0.5, 0.6) is 0 Å². The van der Waals surface area contributed by atoms with Gasteiger partial charge in [-0.05, 0) is 68.8 Å². The third-order valence-electron chi connectivity index (χ3n) is 7.36. The molecule has 9 nitrogen and oxygen atoms in total. The van der Waals surface area contributed by atoms with Crippen LogP contribution in [0.25, 0.3) is 0 Å². The zero-order valence-electron chi connectivity index (χ0n) is 20.8. The molecule has 1 saturated heterocycles. The number of hydrogen-bond donors (Lipinski definition) is 2. The van der Waals surface area contributed by atoms with Crippen LogP contribution in [0, 0.1) is 0 Å². The summed E-state index contributed by atoms with van der Waals surface area (Å²) in [4.78, 5) is 50.2. The zero-order chi connectivity index (χ0) is 25.5. The minimum absolute atomic E-state index is 0.0154. The quantitative estimate of drug-likeness (QED) is 0.460. The molecule has 2 amide bonds. The summed E-state index contributed by atoms with van der Waals surface area (Å²) in [6.45, 7) is 5.17. The van der Waals surface area contributed by atoms with Gasteiger partial charge in [0.15, 0.2) is 0 Å². The van der Waals surface area contributed by atoms with Crippen LogP contribution in [0.3, 0.4) is 0 Å². The molecule has 5 heterocycles. The van der Waals surface area contributed by atoms with Crippen LogP contribution in [-0.2, 0) is 12.8 Å². The molecule has 0 spiro atoms. The highest BCUT2D eigenvalue weighted by Crippen LogP contribution is 2.36. The van der Waals surface area contributed by atoms with Crippen molar-refractivity contribution in [2.45, 2.75) is 38.6 Å². The van der Waals surface area contributed by atoms with Gasteiger partial charge in [0, 0.05) is 38.2 Å². The monoisotopic (exact) mass is 499 g/mol. The maximum absolute atomic E-state index is 13.1. The van der Waals surface area contributed by atoms with Crippen LogP contribution >= 0.6 is 0 Å². The number of fused-ring (bicyclic) bond motifs is 2. The Balaban J connectivity index is 1.23. The van der Waals surface area contributed by atoms with Crippen LogP contribution in [0.15, 0.2) is 57.0 Å². The number of hydrogen-bond acceptors (Lipinski definition) is 7. The largest absolute Gasteiger partial charge is 0.469 e. The number of nitrogens with zero attached hydrogens (tertiary/aromatic N) is 3. The van der Waals surface area contributed by atoms with E-state index in [-0.39, 0.29) is 23.4 Å². The van der Waals surface area contributed by atoms with Gasteiger partial charge in [-0.2, -0.15) is 0 Å². The predicted molar refractivity (Wildman–Crippen MR) is 140 cm³/mol. The number of H-pyrrole nitrogens is 1. The van der Waals surface area contributed by atoms with E-state index in [0.29, 0.717) is 59.7 Å². The van der Waals surface area contributed by atoms with E-state index in [4.69, 9.17) is 9.41 Å². The van der Waals surface area contributed by atoms with Crippen molar-refractivity contribution in [3.8, 4) is 0 Å². The summed E-state index contributed by atoms with van der Waals surface area (Å²) in [5.41, 5.74) is 3.81. The molecule has 3 aromatic rings. The first kappa shape index (κ1) is 23.4. The number of aromatic amines is 1. The minimum Gasteiger partial charge on any atom is -0.469 e. The molecule has 2 aromatic heterocycles. The highest BCUT2D eigenvalue weighted by atomic mass is 16.3. The van der Waals surface area contributed by atoms with E-state index in [1.54, 1.807) is 24.6 Å². The van der Waals surface area contributed by atoms with Gasteiger partial charge in [-0.15, -0.1) is 0 Å². The molecule has 0 unspecified atom stereocenters. The van der Waals surface area contributed by atoms with Gasteiger partial charge >= 0.3 is 0 Å². The smallest absolute Gasteiger partial charge is 0.261 e. The Hall–Kier alpha value is -3.98. The number of likely N-dealkylation sites (tertiary alicyclic amines) is 1. The SMILES string of the molecule is C[C@@H](Cc1ccco1)Nc1cc[nH]c(=O)c1C1=Nc2cc3c(cc2C1)C(=O)N(CCN1CCCC1)C3=O. The predicted octanol–water partition coefficient (Wildman–Crippen LogP) is 3.38. The van der Waals surface area contributed by atoms with Gasteiger partial charge in [0.05, 0.1) is 40.0 Å². The Bertz CT molecular complexity index is 1450. The molecule has 9 heteroatoms. The number of carbonyl (C=O) groups is 2. The second-order valence-corrected chi connectivity index (χ2v) is 10.00. The molecule has 0 radical (unpaired) electrons. The van der Waals surface area contributed by atoms with Crippen LogP contribution in [-0.4, -0.2) is 64.5 Å². The number of furan rings is 1. The number of benzene rings is 1. The third-order valence-corrected chi connectivity index (χ3v) is 7.36. The van der Waals surface area contributed by atoms with E-state index in [9.17, 15) is 14.4 Å². The fourth-order valence-electron chi connectivity index (χ4n) is 5.51. The molecule has 0 aliphatic carbocycles. The normalized spacial score (nSPS) is 17.8. The summed E-state index contributed by atoms with van der Waals surface area (Å²) < 4.78 is 5.45. The summed E-state index contributed by atoms with van der Waals surface area (Å²) in [6.07, 6.45) is 6.66. The number of nitrogens with one attached hydrogen (secondary N) is 2. The zero-order valence-corrected chi connectivity index (χ0v) is 20.8. The summed E-state index contributed by atoms with van der Waals surface area (Å²) in [5, 5.41) is 3.42. The summed E-state index contributed by atoms with van der Waals surface area (Å²) in [6, 6.07) is 9.10. The molecule has 0 bridgehead atoms. The fourth-order valence-corrected chi connectivity index (χ4v) is 5.51. The van der Waals surface area contributed by atoms with Gasteiger partial charge < -0.3 is 19.6 Å².